The Morgan fingerprint density at radius 2 is 1.83 bits per heavy atom. The molecule has 7 heteroatoms. The molecule has 1 heterocycles. The predicted octanol–water partition coefficient (Wildman–Crippen LogP) is -0.795. The second kappa shape index (κ2) is 6.73. The van der Waals surface area contributed by atoms with Crippen molar-refractivity contribution in [2.24, 2.45) is 0 Å². The van der Waals surface area contributed by atoms with E-state index in [4.69, 9.17) is 0 Å². The summed E-state index contributed by atoms with van der Waals surface area (Å²) in [6, 6.07) is 0. The van der Waals surface area contributed by atoms with Gasteiger partial charge in [-0.3, -0.25) is 24.1 Å². The summed E-state index contributed by atoms with van der Waals surface area (Å²) in [7, 11) is 1.27. The van der Waals surface area contributed by atoms with E-state index in [1.807, 2.05) is 0 Å². The molecule has 0 aromatic carbocycles. The van der Waals surface area contributed by atoms with Gasteiger partial charge < -0.3 is 10.1 Å². The van der Waals surface area contributed by atoms with E-state index in [0.717, 1.165) is 4.90 Å². The lowest BCUT2D eigenvalue weighted by molar-refractivity contribution is -0.140. The van der Waals surface area contributed by atoms with Gasteiger partial charge in [0.25, 0.3) is 0 Å². The van der Waals surface area contributed by atoms with Crippen LogP contribution in [0.1, 0.15) is 25.7 Å². The fourth-order valence-corrected chi connectivity index (χ4v) is 1.58. The number of carbonyl (C=O) groups excluding carboxylic acids is 4. The Labute approximate surface area is 104 Å². The first-order valence-corrected chi connectivity index (χ1v) is 5.71. The molecule has 18 heavy (non-hydrogen) atoms. The highest BCUT2D eigenvalue weighted by molar-refractivity contribution is 6.02. The molecule has 0 saturated carbocycles. The number of carbonyl (C=O) groups is 4. The Kier molecular flexibility index (Phi) is 5.29. The Bertz CT molecular complexity index is 350. The number of nitrogens with zero attached hydrogens (tertiary/aromatic N) is 1. The minimum absolute atomic E-state index is 0.0542. The summed E-state index contributed by atoms with van der Waals surface area (Å²) in [5.74, 6) is -1.17. The molecule has 0 aromatic heterocycles. The highest BCUT2D eigenvalue weighted by atomic mass is 16.5. The van der Waals surface area contributed by atoms with Crippen LogP contribution in [0.25, 0.3) is 0 Å². The number of hydrogen-bond donors (Lipinski definition) is 1. The van der Waals surface area contributed by atoms with Crippen molar-refractivity contribution < 1.29 is 23.9 Å². The highest BCUT2D eigenvalue weighted by Gasteiger charge is 2.28. The van der Waals surface area contributed by atoms with Crippen LogP contribution in [0.5, 0.6) is 0 Å². The zero-order chi connectivity index (χ0) is 13.5. The van der Waals surface area contributed by atoms with Gasteiger partial charge in [0.15, 0.2) is 0 Å². The van der Waals surface area contributed by atoms with Crippen LogP contribution < -0.4 is 5.32 Å². The third-order valence-electron chi connectivity index (χ3n) is 2.60. The van der Waals surface area contributed by atoms with Crippen molar-refractivity contribution in [1.82, 2.24) is 10.2 Å². The number of ether oxygens (including phenoxy) is 1. The molecule has 0 aromatic rings. The van der Waals surface area contributed by atoms with Gasteiger partial charge in [0.05, 0.1) is 13.5 Å². The summed E-state index contributed by atoms with van der Waals surface area (Å²) >= 11 is 0. The third-order valence-corrected chi connectivity index (χ3v) is 2.60. The van der Waals surface area contributed by atoms with Crippen LogP contribution in [0.3, 0.4) is 0 Å². The zero-order valence-corrected chi connectivity index (χ0v) is 10.2. The smallest absolute Gasteiger partial charge is 0.307 e. The first-order chi connectivity index (χ1) is 8.54. The molecule has 3 amide bonds. The van der Waals surface area contributed by atoms with E-state index in [1.165, 1.54) is 7.11 Å². The van der Waals surface area contributed by atoms with Crippen LogP contribution in [-0.4, -0.2) is 48.8 Å². The highest BCUT2D eigenvalue weighted by Crippen LogP contribution is 2.11. The molecule has 0 spiro atoms. The Morgan fingerprint density at radius 1 is 1.22 bits per heavy atom. The summed E-state index contributed by atoms with van der Waals surface area (Å²) in [6.07, 6.45) is 0.605. The van der Waals surface area contributed by atoms with Crippen molar-refractivity contribution >= 4 is 23.7 Å². The minimum atomic E-state index is -0.403. The molecule has 0 unspecified atom stereocenters. The number of likely N-dealkylation sites (tertiary alicyclic amines) is 1. The molecule has 0 aliphatic carbocycles. The van der Waals surface area contributed by atoms with E-state index >= 15 is 0 Å². The van der Waals surface area contributed by atoms with Gasteiger partial charge in [0.2, 0.25) is 17.7 Å². The van der Waals surface area contributed by atoms with Crippen LogP contribution in [0.4, 0.5) is 0 Å². The number of esters is 1. The second-order valence-electron chi connectivity index (χ2n) is 3.87. The summed E-state index contributed by atoms with van der Waals surface area (Å²) in [5, 5.41) is 2.51. The van der Waals surface area contributed by atoms with Gasteiger partial charge in [-0.25, -0.2) is 0 Å². The molecular formula is C11H16N2O5. The second-order valence-corrected chi connectivity index (χ2v) is 3.87. The average Bonchev–Trinajstić information content (AvgIpc) is 2.66. The molecule has 7 nitrogen and oxygen atoms in total. The molecule has 1 saturated heterocycles. The van der Waals surface area contributed by atoms with Crippen molar-refractivity contribution in [1.29, 1.82) is 0 Å². The quantitative estimate of drug-likeness (QED) is 0.496. The largest absolute Gasteiger partial charge is 0.469 e. The van der Waals surface area contributed by atoms with E-state index in [-0.39, 0.29) is 56.5 Å². The topological polar surface area (TPSA) is 92.8 Å². The van der Waals surface area contributed by atoms with Gasteiger partial charge >= 0.3 is 5.97 Å². The summed E-state index contributed by atoms with van der Waals surface area (Å²) in [5.41, 5.74) is 0. The summed E-state index contributed by atoms with van der Waals surface area (Å²) in [6.45, 7) is 0.287. The minimum Gasteiger partial charge on any atom is -0.469 e. The lowest BCUT2D eigenvalue weighted by atomic mass is 10.3. The number of hydrogen-bond acceptors (Lipinski definition) is 5. The van der Waals surface area contributed by atoms with Gasteiger partial charge in [-0.05, 0) is 0 Å². The van der Waals surface area contributed by atoms with E-state index in [1.54, 1.807) is 0 Å². The normalized spacial score (nSPS) is 14.8. The lowest BCUT2D eigenvalue weighted by Crippen LogP contribution is -2.34. The number of amides is 3. The van der Waals surface area contributed by atoms with Gasteiger partial charge in [0.1, 0.15) is 0 Å². The molecule has 1 aliphatic heterocycles. The maximum Gasteiger partial charge on any atom is 0.307 e. The van der Waals surface area contributed by atoms with E-state index in [0.29, 0.717) is 0 Å². The van der Waals surface area contributed by atoms with Gasteiger partial charge in [0, 0.05) is 32.4 Å². The Morgan fingerprint density at radius 3 is 2.39 bits per heavy atom. The van der Waals surface area contributed by atoms with Crippen molar-refractivity contribution in [3.8, 4) is 0 Å². The summed E-state index contributed by atoms with van der Waals surface area (Å²) in [4.78, 5) is 45.7. The maximum absolute atomic E-state index is 11.4. The molecule has 0 radical (unpaired) electrons. The fourth-order valence-electron chi connectivity index (χ4n) is 1.58. The predicted molar refractivity (Wildman–Crippen MR) is 60.2 cm³/mol. The van der Waals surface area contributed by atoms with E-state index < -0.39 is 5.97 Å². The molecule has 1 N–H and O–H groups in total. The number of imide groups is 1. The van der Waals surface area contributed by atoms with Crippen LogP contribution in [0, 0.1) is 0 Å². The number of rotatable bonds is 6. The molecular weight excluding hydrogens is 240 g/mol. The van der Waals surface area contributed by atoms with E-state index in [2.05, 4.69) is 10.1 Å². The lowest BCUT2D eigenvalue weighted by Gasteiger charge is -2.13. The molecule has 100 valence electrons. The van der Waals surface area contributed by atoms with Gasteiger partial charge in [-0.1, -0.05) is 0 Å². The summed E-state index contributed by atoms with van der Waals surface area (Å²) < 4.78 is 4.41. The first-order valence-electron chi connectivity index (χ1n) is 5.71. The Balaban J connectivity index is 2.19. The molecule has 0 atom stereocenters. The molecule has 1 fully saturated rings. The standard InChI is InChI=1S/C11H16N2O5/c1-18-11(17)4-6-12-8(14)5-7-13-9(15)2-3-10(13)16/h2-7H2,1H3,(H,12,14). The van der Waals surface area contributed by atoms with E-state index in [9.17, 15) is 19.2 Å². The van der Waals surface area contributed by atoms with Crippen molar-refractivity contribution in [2.75, 3.05) is 20.2 Å². The molecule has 0 bridgehead atoms. The molecule has 1 aliphatic rings. The van der Waals surface area contributed by atoms with Crippen LogP contribution >= 0.6 is 0 Å². The van der Waals surface area contributed by atoms with Crippen molar-refractivity contribution in [3.63, 3.8) is 0 Å². The molecule has 1 rings (SSSR count). The monoisotopic (exact) mass is 256 g/mol. The van der Waals surface area contributed by atoms with Crippen LogP contribution in [0.15, 0.2) is 0 Å². The van der Waals surface area contributed by atoms with Crippen LogP contribution in [0.2, 0.25) is 0 Å². The SMILES string of the molecule is COC(=O)CCNC(=O)CCN1C(=O)CCC1=O. The fraction of sp³-hybridized carbons (Fsp3) is 0.636. The third kappa shape index (κ3) is 4.15. The van der Waals surface area contributed by atoms with Crippen LogP contribution in [-0.2, 0) is 23.9 Å². The number of methoxy groups -OCH3 is 1. The zero-order valence-electron chi connectivity index (χ0n) is 10.2. The van der Waals surface area contributed by atoms with Crippen molar-refractivity contribution in [3.05, 3.63) is 0 Å². The average molecular weight is 256 g/mol. The first kappa shape index (κ1) is 14.1. The van der Waals surface area contributed by atoms with Gasteiger partial charge in [-0.15, -0.1) is 0 Å². The number of nitrogens with one attached hydrogen (secondary N) is 1. The van der Waals surface area contributed by atoms with Gasteiger partial charge in [-0.2, -0.15) is 0 Å². The van der Waals surface area contributed by atoms with Crippen molar-refractivity contribution in [2.45, 2.75) is 25.7 Å². The maximum atomic E-state index is 11.4. The Hall–Kier alpha value is -1.92.